The van der Waals surface area contributed by atoms with Gasteiger partial charge in [-0.2, -0.15) is 14.6 Å². The zero-order valence-corrected chi connectivity index (χ0v) is 16.1. The van der Waals surface area contributed by atoms with Crippen LogP contribution in [-0.4, -0.2) is 20.4 Å². The lowest BCUT2D eigenvalue weighted by molar-refractivity contribution is -0.110. The Bertz CT molecular complexity index is 984. The van der Waals surface area contributed by atoms with Crippen molar-refractivity contribution >= 4 is 49.9 Å². The molecule has 0 atom stereocenters. The number of unbranched alkanes of at least 4 members (excludes halogenated alkanes) is 2. The molecule has 0 spiro atoms. The van der Waals surface area contributed by atoms with Gasteiger partial charge >= 0.3 is 0 Å². The Labute approximate surface area is 156 Å². The molecule has 0 aromatic carbocycles. The maximum atomic E-state index is 12.3. The van der Waals surface area contributed by atoms with E-state index in [2.05, 4.69) is 32.9 Å². The maximum absolute atomic E-state index is 12.3. The van der Waals surface area contributed by atoms with E-state index < -0.39 is 5.56 Å². The highest BCUT2D eigenvalue weighted by atomic mass is 79.9. The summed E-state index contributed by atoms with van der Waals surface area (Å²) in [7, 11) is 0. The molecule has 130 valence electrons. The SMILES string of the molecule is CCCCCc1nn2c(N)c(/C=C3/C=CC(=O)C(Br)=C3)c(=O)nc2s1. The molecular formula is C17H17BrN4O2S. The number of nitrogens with two attached hydrogens (primary N) is 1. The van der Waals surface area contributed by atoms with Crippen LogP contribution in [0.5, 0.6) is 0 Å². The van der Waals surface area contributed by atoms with Crippen molar-refractivity contribution in [3.63, 3.8) is 0 Å². The highest BCUT2D eigenvalue weighted by Crippen LogP contribution is 2.23. The third-order valence-corrected chi connectivity index (χ3v) is 5.38. The fraction of sp³-hybridized carbons (Fsp3) is 0.294. The quantitative estimate of drug-likeness (QED) is 0.749. The number of fused-ring (bicyclic) bond motifs is 1. The number of carbonyl (C=O) groups is 1. The molecule has 0 aliphatic heterocycles. The number of anilines is 1. The summed E-state index contributed by atoms with van der Waals surface area (Å²) < 4.78 is 1.96. The molecule has 2 N–H and O–H groups in total. The Morgan fingerprint density at radius 3 is 2.84 bits per heavy atom. The predicted octanol–water partition coefficient (Wildman–Crippen LogP) is 3.27. The second kappa shape index (κ2) is 7.45. The zero-order chi connectivity index (χ0) is 18.0. The van der Waals surface area contributed by atoms with Crippen molar-refractivity contribution in [2.75, 3.05) is 5.73 Å². The van der Waals surface area contributed by atoms with Crippen LogP contribution in [0.25, 0.3) is 11.0 Å². The Morgan fingerprint density at radius 2 is 2.12 bits per heavy atom. The van der Waals surface area contributed by atoms with Gasteiger partial charge in [-0.1, -0.05) is 37.2 Å². The van der Waals surface area contributed by atoms with E-state index in [9.17, 15) is 9.59 Å². The number of nitrogens with zero attached hydrogens (tertiary/aromatic N) is 3. The van der Waals surface area contributed by atoms with Gasteiger partial charge in [0.2, 0.25) is 4.96 Å². The lowest BCUT2D eigenvalue weighted by Crippen LogP contribution is -2.16. The fourth-order valence-electron chi connectivity index (χ4n) is 2.46. The predicted molar refractivity (Wildman–Crippen MR) is 104 cm³/mol. The third-order valence-electron chi connectivity index (χ3n) is 3.79. The lowest BCUT2D eigenvalue weighted by Gasteiger charge is -2.05. The van der Waals surface area contributed by atoms with Crippen LogP contribution < -0.4 is 11.3 Å². The normalized spacial score (nSPS) is 16.0. The first-order valence-electron chi connectivity index (χ1n) is 7.99. The maximum Gasteiger partial charge on any atom is 0.283 e. The van der Waals surface area contributed by atoms with Gasteiger partial charge in [0.25, 0.3) is 5.56 Å². The van der Waals surface area contributed by atoms with E-state index in [0.29, 0.717) is 15.0 Å². The average molecular weight is 421 g/mol. The molecule has 1 aliphatic carbocycles. The van der Waals surface area contributed by atoms with Gasteiger partial charge in [0.05, 0.1) is 10.0 Å². The molecule has 6 nitrogen and oxygen atoms in total. The van der Waals surface area contributed by atoms with Crippen molar-refractivity contribution in [1.82, 2.24) is 14.6 Å². The van der Waals surface area contributed by atoms with Crippen molar-refractivity contribution in [2.24, 2.45) is 0 Å². The summed E-state index contributed by atoms with van der Waals surface area (Å²) in [5.74, 6) is 0.141. The number of halogens is 1. The van der Waals surface area contributed by atoms with Crippen molar-refractivity contribution in [3.05, 3.63) is 49.2 Å². The van der Waals surface area contributed by atoms with E-state index in [4.69, 9.17) is 5.73 Å². The molecule has 3 rings (SSSR count). The largest absolute Gasteiger partial charge is 0.383 e. The number of aryl methyl sites for hydroxylation is 1. The van der Waals surface area contributed by atoms with E-state index in [-0.39, 0.29) is 17.2 Å². The summed E-state index contributed by atoms with van der Waals surface area (Å²) in [5, 5.41) is 5.41. The van der Waals surface area contributed by atoms with Gasteiger partial charge in [0.15, 0.2) is 5.78 Å². The van der Waals surface area contributed by atoms with E-state index in [1.807, 2.05) is 0 Å². The van der Waals surface area contributed by atoms with Gasteiger partial charge in [-0.15, -0.1) is 0 Å². The molecule has 1 aliphatic rings. The van der Waals surface area contributed by atoms with E-state index in [0.717, 1.165) is 30.7 Å². The van der Waals surface area contributed by atoms with Crippen molar-refractivity contribution in [1.29, 1.82) is 0 Å². The van der Waals surface area contributed by atoms with Gasteiger partial charge < -0.3 is 5.73 Å². The van der Waals surface area contributed by atoms with Crippen LogP contribution in [0, 0.1) is 0 Å². The number of ketones is 1. The monoisotopic (exact) mass is 420 g/mol. The summed E-state index contributed by atoms with van der Waals surface area (Å²) in [4.78, 5) is 28.4. The molecule has 8 heteroatoms. The molecule has 2 aromatic rings. The first kappa shape index (κ1) is 17.8. The molecule has 0 amide bonds. The molecule has 0 radical (unpaired) electrons. The molecular weight excluding hydrogens is 404 g/mol. The van der Waals surface area contributed by atoms with Gasteiger partial charge in [0, 0.05) is 6.42 Å². The molecule has 2 heterocycles. The van der Waals surface area contributed by atoms with E-state index >= 15 is 0 Å². The minimum atomic E-state index is -0.399. The van der Waals surface area contributed by atoms with E-state index in [1.165, 1.54) is 21.9 Å². The van der Waals surface area contributed by atoms with Crippen LogP contribution in [0.15, 0.2) is 33.1 Å². The molecule has 0 bridgehead atoms. The number of nitrogen functional groups attached to an aromatic ring is 1. The standard InChI is InChI=1S/C17H17BrN4O2S/c1-2-3-4-5-14-21-22-15(19)11(16(24)20-17(22)25-14)8-10-6-7-13(23)12(18)9-10/h6-9H,2-5,19H2,1H3/b10-8-. The molecule has 2 aromatic heterocycles. The van der Waals surface area contributed by atoms with Gasteiger partial charge in [0.1, 0.15) is 10.8 Å². The zero-order valence-electron chi connectivity index (χ0n) is 13.7. The highest BCUT2D eigenvalue weighted by Gasteiger charge is 2.15. The van der Waals surface area contributed by atoms with Gasteiger partial charge in [-0.3, -0.25) is 9.59 Å². The fourth-order valence-corrected chi connectivity index (χ4v) is 3.79. The number of aromatic nitrogens is 3. The second-order valence-corrected chi connectivity index (χ2v) is 7.59. The van der Waals surface area contributed by atoms with Crippen LogP contribution in [0.4, 0.5) is 5.82 Å². The first-order valence-corrected chi connectivity index (χ1v) is 9.60. The van der Waals surface area contributed by atoms with Gasteiger partial charge in [-0.25, -0.2) is 0 Å². The topological polar surface area (TPSA) is 90.4 Å². The summed E-state index contributed by atoms with van der Waals surface area (Å²) >= 11 is 4.59. The Balaban J connectivity index is 2.01. The van der Waals surface area contributed by atoms with Crippen molar-refractivity contribution in [3.8, 4) is 0 Å². The highest BCUT2D eigenvalue weighted by molar-refractivity contribution is 9.12. The number of hydrogen-bond acceptors (Lipinski definition) is 6. The Morgan fingerprint density at radius 1 is 1.32 bits per heavy atom. The van der Waals surface area contributed by atoms with Crippen LogP contribution in [0.3, 0.4) is 0 Å². The number of allylic oxidation sites excluding steroid dienone is 5. The second-order valence-electron chi connectivity index (χ2n) is 5.70. The lowest BCUT2D eigenvalue weighted by atomic mass is 10.1. The number of rotatable bonds is 5. The van der Waals surface area contributed by atoms with Crippen LogP contribution in [0.2, 0.25) is 0 Å². The smallest absolute Gasteiger partial charge is 0.283 e. The Hall–Kier alpha value is -2.06. The summed E-state index contributed by atoms with van der Waals surface area (Å²) in [6.45, 7) is 2.15. The molecule has 0 fully saturated rings. The summed E-state index contributed by atoms with van der Waals surface area (Å²) in [6.07, 6.45) is 10.5. The van der Waals surface area contributed by atoms with Crippen molar-refractivity contribution in [2.45, 2.75) is 32.6 Å². The van der Waals surface area contributed by atoms with Crippen molar-refractivity contribution < 1.29 is 4.79 Å². The van der Waals surface area contributed by atoms with Crippen LogP contribution in [0.1, 0.15) is 36.8 Å². The Kier molecular flexibility index (Phi) is 5.29. The first-order chi connectivity index (χ1) is 12.0. The van der Waals surface area contributed by atoms with Crippen LogP contribution >= 0.6 is 27.3 Å². The minimum absolute atomic E-state index is 0.119. The number of hydrogen-bond donors (Lipinski definition) is 1. The third kappa shape index (κ3) is 3.80. The van der Waals surface area contributed by atoms with Gasteiger partial charge in [-0.05, 0) is 46.2 Å². The minimum Gasteiger partial charge on any atom is -0.383 e. The average Bonchev–Trinajstić information content (AvgIpc) is 2.98. The summed E-state index contributed by atoms with van der Waals surface area (Å²) in [5.41, 5.74) is 6.73. The van der Waals surface area contributed by atoms with E-state index in [1.54, 1.807) is 18.2 Å². The molecule has 0 unspecified atom stereocenters. The van der Waals surface area contributed by atoms with Crippen LogP contribution in [-0.2, 0) is 11.2 Å². The molecule has 0 saturated carbocycles. The number of carbonyl (C=O) groups excluding carboxylic acids is 1. The molecule has 0 saturated heterocycles. The summed E-state index contributed by atoms with van der Waals surface area (Å²) in [6, 6.07) is 0. The molecule has 25 heavy (non-hydrogen) atoms.